The zero-order valence-electron chi connectivity index (χ0n) is 11.2. The number of hydrogen-bond donors (Lipinski definition) is 1. The first-order valence-electron chi connectivity index (χ1n) is 6.65. The van der Waals surface area contributed by atoms with Crippen LogP contribution in [-0.4, -0.2) is 18.3 Å². The maximum absolute atomic E-state index is 13.2. The summed E-state index contributed by atoms with van der Waals surface area (Å²) in [6.07, 6.45) is -0.400. The number of rotatable bonds is 3. The van der Waals surface area contributed by atoms with Crippen LogP contribution in [0.25, 0.3) is 0 Å². The van der Waals surface area contributed by atoms with Crippen LogP contribution in [0, 0.1) is 5.82 Å². The van der Waals surface area contributed by atoms with Gasteiger partial charge in [0.05, 0.1) is 10.6 Å². The average Bonchev–Trinajstić information content (AvgIpc) is 2.47. The quantitative estimate of drug-likeness (QED) is 0.916. The second-order valence-electron chi connectivity index (χ2n) is 4.88. The first-order valence-corrected chi connectivity index (χ1v) is 7.44. The van der Waals surface area contributed by atoms with E-state index in [4.69, 9.17) is 9.47 Å². The third-order valence-electron chi connectivity index (χ3n) is 3.32. The molecule has 0 aromatic heterocycles. The molecule has 110 valence electrons. The number of ether oxygens (including phenoxy) is 2. The average molecular weight is 353 g/mol. The van der Waals surface area contributed by atoms with Crippen LogP contribution in [0.3, 0.4) is 0 Å². The van der Waals surface area contributed by atoms with E-state index in [2.05, 4.69) is 15.9 Å². The van der Waals surface area contributed by atoms with Crippen molar-refractivity contribution in [3.63, 3.8) is 0 Å². The normalized spacial score (nSPS) is 14.8. The first kappa shape index (κ1) is 14.4. The van der Waals surface area contributed by atoms with Crippen LogP contribution in [0.5, 0.6) is 11.5 Å². The standard InChI is InChI=1S/C16H14BrFO3/c17-13-8-11(9-15-16(13)21-5-4-20-15)14(19)7-10-2-1-3-12(18)6-10/h1-3,6,8-9,14,19H,4-5,7H2. The van der Waals surface area contributed by atoms with E-state index in [0.29, 0.717) is 36.7 Å². The van der Waals surface area contributed by atoms with Crippen molar-refractivity contribution in [3.8, 4) is 11.5 Å². The lowest BCUT2D eigenvalue weighted by molar-refractivity contribution is 0.163. The van der Waals surface area contributed by atoms with Gasteiger partial charge >= 0.3 is 0 Å². The molecule has 1 aliphatic rings. The van der Waals surface area contributed by atoms with Gasteiger partial charge in [-0.05, 0) is 51.3 Å². The maximum atomic E-state index is 13.2. The summed E-state index contributed by atoms with van der Waals surface area (Å²) in [5, 5.41) is 10.4. The Morgan fingerprint density at radius 3 is 2.81 bits per heavy atom. The van der Waals surface area contributed by atoms with Crippen LogP contribution in [0.4, 0.5) is 4.39 Å². The van der Waals surface area contributed by atoms with Gasteiger partial charge in [-0.25, -0.2) is 4.39 Å². The van der Waals surface area contributed by atoms with Gasteiger partial charge in [-0.1, -0.05) is 12.1 Å². The smallest absolute Gasteiger partial charge is 0.175 e. The monoisotopic (exact) mass is 352 g/mol. The van der Waals surface area contributed by atoms with Gasteiger partial charge in [0.25, 0.3) is 0 Å². The molecule has 21 heavy (non-hydrogen) atoms. The molecule has 0 radical (unpaired) electrons. The number of fused-ring (bicyclic) bond motifs is 1. The second-order valence-corrected chi connectivity index (χ2v) is 5.73. The fourth-order valence-corrected chi connectivity index (χ4v) is 2.90. The Balaban J connectivity index is 1.84. The topological polar surface area (TPSA) is 38.7 Å². The lowest BCUT2D eigenvalue weighted by atomic mass is 10.0. The minimum absolute atomic E-state index is 0.303. The van der Waals surface area contributed by atoms with Crippen molar-refractivity contribution < 1.29 is 19.0 Å². The first-order chi connectivity index (χ1) is 10.1. The SMILES string of the molecule is OC(Cc1cccc(F)c1)c1cc(Br)c2c(c1)OCCO2. The van der Waals surface area contributed by atoms with Crippen molar-refractivity contribution in [3.05, 3.63) is 57.8 Å². The van der Waals surface area contributed by atoms with E-state index in [0.717, 1.165) is 10.0 Å². The van der Waals surface area contributed by atoms with Gasteiger partial charge < -0.3 is 14.6 Å². The lowest BCUT2D eigenvalue weighted by Gasteiger charge is -2.21. The van der Waals surface area contributed by atoms with Crippen molar-refractivity contribution in [1.82, 2.24) is 0 Å². The zero-order valence-corrected chi connectivity index (χ0v) is 12.8. The Bertz CT molecular complexity index is 660. The van der Waals surface area contributed by atoms with E-state index in [1.165, 1.54) is 12.1 Å². The van der Waals surface area contributed by atoms with Crippen molar-refractivity contribution in [1.29, 1.82) is 0 Å². The molecular formula is C16H14BrFO3. The van der Waals surface area contributed by atoms with E-state index in [1.807, 2.05) is 0 Å². The number of benzene rings is 2. The molecule has 0 saturated heterocycles. The molecule has 3 nitrogen and oxygen atoms in total. The van der Waals surface area contributed by atoms with Crippen LogP contribution in [-0.2, 0) is 6.42 Å². The maximum Gasteiger partial charge on any atom is 0.175 e. The van der Waals surface area contributed by atoms with E-state index < -0.39 is 6.10 Å². The summed E-state index contributed by atoms with van der Waals surface area (Å²) in [6.45, 7) is 1.000. The van der Waals surface area contributed by atoms with Gasteiger partial charge in [-0.15, -0.1) is 0 Å². The van der Waals surface area contributed by atoms with Gasteiger partial charge in [0.2, 0.25) is 0 Å². The van der Waals surface area contributed by atoms with Crippen molar-refractivity contribution in [2.45, 2.75) is 12.5 Å². The largest absolute Gasteiger partial charge is 0.486 e. The molecule has 0 bridgehead atoms. The van der Waals surface area contributed by atoms with E-state index >= 15 is 0 Å². The van der Waals surface area contributed by atoms with Crippen LogP contribution in [0.15, 0.2) is 40.9 Å². The summed E-state index contributed by atoms with van der Waals surface area (Å²) in [5.74, 6) is 0.968. The number of aliphatic hydroxyl groups is 1. The molecule has 2 aromatic carbocycles. The van der Waals surface area contributed by atoms with Gasteiger partial charge in [0, 0.05) is 6.42 Å². The van der Waals surface area contributed by atoms with Gasteiger partial charge in [-0.2, -0.15) is 0 Å². The number of halogens is 2. The van der Waals surface area contributed by atoms with Crippen molar-refractivity contribution in [2.75, 3.05) is 13.2 Å². The summed E-state index contributed by atoms with van der Waals surface area (Å²) in [4.78, 5) is 0. The highest BCUT2D eigenvalue weighted by Crippen LogP contribution is 2.40. The predicted molar refractivity (Wildman–Crippen MR) is 80.2 cm³/mol. The van der Waals surface area contributed by atoms with Crippen molar-refractivity contribution in [2.24, 2.45) is 0 Å². The minimum Gasteiger partial charge on any atom is -0.486 e. The molecule has 2 aromatic rings. The van der Waals surface area contributed by atoms with Gasteiger partial charge in [0.15, 0.2) is 11.5 Å². The minimum atomic E-state index is -0.737. The molecule has 0 spiro atoms. The molecule has 0 saturated carbocycles. The Labute approximate surface area is 130 Å². The lowest BCUT2D eigenvalue weighted by Crippen LogP contribution is -2.16. The van der Waals surface area contributed by atoms with Gasteiger partial charge in [-0.3, -0.25) is 0 Å². The molecule has 0 aliphatic carbocycles. The summed E-state index contributed by atoms with van der Waals surface area (Å²) in [6, 6.07) is 9.81. The Kier molecular flexibility index (Phi) is 4.12. The van der Waals surface area contributed by atoms with Crippen LogP contribution in [0.2, 0.25) is 0 Å². The fourth-order valence-electron chi connectivity index (χ4n) is 2.33. The molecule has 1 aliphatic heterocycles. The second kappa shape index (κ2) is 6.03. The van der Waals surface area contributed by atoms with Crippen LogP contribution >= 0.6 is 15.9 Å². The fraction of sp³-hybridized carbons (Fsp3) is 0.250. The molecule has 0 fully saturated rings. The Morgan fingerprint density at radius 1 is 1.19 bits per heavy atom. The molecule has 3 rings (SSSR count). The van der Waals surface area contributed by atoms with Crippen molar-refractivity contribution >= 4 is 15.9 Å². The van der Waals surface area contributed by atoms with Crippen LogP contribution in [0.1, 0.15) is 17.2 Å². The van der Waals surface area contributed by atoms with E-state index in [1.54, 1.807) is 24.3 Å². The molecule has 0 amide bonds. The molecule has 1 heterocycles. The molecular weight excluding hydrogens is 339 g/mol. The highest BCUT2D eigenvalue weighted by atomic mass is 79.9. The summed E-state index contributed by atoms with van der Waals surface area (Å²) >= 11 is 3.42. The molecule has 5 heteroatoms. The van der Waals surface area contributed by atoms with Gasteiger partial charge in [0.1, 0.15) is 19.0 Å². The van der Waals surface area contributed by atoms with Crippen LogP contribution < -0.4 is 9.47 Å². The molecule has 1 atom stereocenters. The molecule has 1 N–H and O–H groups in total. The zero-order chi connectivity index (χ0) is 14.8. The van der Waals surface area contributed by atoms with E-state index in [9.17, 15) is 9.50 Å². The third kappa shape index (κ3) is 3.19. The Morgan fingerprint density at radius 2 is 2.00 bits per heavy atom. The predicted octanol–water partition coefficient (Wildman–Crippen LogP) is 3.64. The van der Waals surface area contributed by atoms with E-state index in [-0.39, 0.29) is 5.82 Å². The summed E-state index contributed by atoms with van der Waals surface area (Å²) in [5.41, 5.74) is 1.45. The number of hydrogen-bond acceptors (Lipinski definition) is 3. The highest BCUT2D eigenvalue weighted by molar-refractivity contribution is 9.10. The third-order valence-corrected chi connectivity index (χ3v) is 3.91. The number of aliphatic hydroxyl groups excluding tert-OH is 1. The Hall–Kier alpha value is -1.59. The molecule has 1 unspecified atom stereocenters. The highest BCUT2D eigenvalue weighted by Gasteiger charge is 2.19. The summed E-state index contributed by atoms with van der Waals surface area (Å²) in [7, 11) is 0. The summed E-state index contributed by atoms with van der Waals surface area (Å²) < 4.78 is 25.0.